The van der Waals surface area contributed by atoms with Crippen LogP contribution in [0, 0.1) is 0 Å². The van der Waals surface area contributed by atoms with Crippen molar-refractivity contribution < 1.29 is 14.6 Å². The number of hydrogen-bond donors (Lipinski definition) is 1. The normalized spacial score (nSPS) is 11.2. The first-order valence-corrected chi connectivity index (χ1v) is 7.38. The number of aromatic carboxylic acids is 1. The van der Waals surface area contributed by atoms with Crippen molar-refractivity contribution in [1.82, 2.24) is 0 Å². The lowest BCUT2D eigenvalue weighted by molar-refractivity contribution is 0.0694. The molecule has 2 rings (SSSR count). The van der Waals surface area contributed by atoms with Crippen molar-refractivity contribution in [2.24, 2.45) is 0 Å². The molecule has 21 heavy (non-hydrogen) atoms. The molecule has 2 aromatic carbocycles. The Balaban J connectivity index is 2.37. The van der Waals surface area contributed by atoms with Gasteiger partial charge < -0.3 is 9.84 Å². The lowest BCUT2D eigenvalue weighted by Gasteiger charge is -2.20. The van der Waals surface area contributed by atoms with Gasteiger partial charge in [0, 0.05) is 4.47 Å². The van der Waals surface area contributed by atoms with Crippen LogP contribution in [0.5, 0.6) is 11.5 Å². The Kier molecular flexibility index (Phi) is 4.37. The van der Waals surface area contributed by atoms with E-state index in [4.69, 9.17) is 4.74 Å². The first kappa shape index (κ1) is 15.6. The van der Waals surface area contributed by atoms with Crippen molar-refractivity contribution in [3.8, 4) is 11.5 Å². The fourth-order valence-electron chi connectivity index (χ4n) is 1.91. The maximum Gasteiger partial charge on any atom is 0.339 e. The number of carboxylic acids is 1. The Morgan fingerprint density at radius 2 is 1.86 bits per heavy atom. The van der Waals surface area contributed by atoms with Gasteiger partial charge in [-0.1, -0.05) is 48.8 Å². The molecule has 0 aliphatic heterocycles. The van der Waals surface area contributed by atoms with E-state index in [-0.39, 0.29) is 11.0 Å². The highest BCUT2D eigenvalue weighted by Gasteiger charge is 2.16. The molecular weight excluding hydrogens is 332 g/mol. The van der Waals surface area contributed by atoms with Gasteiger partial charge in [-0.15, -0.1) is 0 Å². The van der Waals surface area contributed by atoms with Crippen LogP contribution in [0.15, 0.2) is 46.9 Å². The third-order valence-corrected chi connectivity index (χ3v) is 3.59. The molecule has 1 N–H and O–H groups in total. The summed E-state index contributed by atoms with van der Waals surface area (Å²) in [5.41, 5.74) is 1.27. The largest absolute Gasteiger partial charge is 0.478 e. The first-order valence-electron chi connectivity index (χ1n) is 6.58. The number of carbonyl (C=O) groups is 1. The molecule has 0 aliphatic carbocycles. The van der Waals surface area contributed by atoms with Gasteiger partial charge in [0.2, 0.25) is 0 Å². The second-order valence-electron chi connectivity index (χ2n) is 5.83. The van der Waals surface area contributed by atoms with Crippen molar-refractivity contribution >= 4 is 21.9 Å². The summed E-state index contributed by atoms with van der Waals surface area (Å²) in [6, 6.07) is 12.6. The first-order chi connectivity index (χ1) is 9.77. The minimum absolute atomic E-state index is 0.00864. The van der Waals surface area contributed by atoms with Crippen molar-refractivity contribution in [2.75, 3.05) is 0 Å². The van der Waals surface area contributed by atoms with Crippen LogP contribution in [0.1, 0.15) is 36.7 Å². The molecular formula is C17H17BrO3. The SMILES string of the molecule is CC(C)(C)c1cccc(Oc2ccc(Br)cc2C(=O)O)c1. The van der Waals surface area contributed by atoms with Gasteiger partial charge in [0.25, 0.3) is 0 Å². The van der Waals surface area contributed by atoms with Crippen LogP contribution in [-0.4, -0.2) is 11.1 Å². The molecule has 0 aromatic heterocycles. The maximum atomic E-state index is 11.3. The molecule has 0 atom stereocenters. The summed E-state index contributed by atoms with van der Waals surface area (Å²) in [6.45, 7) is 6.36. The zero-order valence-corrected chi connectivity index (χ0v) is 13.8. The number of rotatable bonds is 3. The van der Waals surface area contributed by atoms with Gasteiger partial charge in [-0.25, -0.2) is 4.79 Å². The third kappa shape index (κ3) is 3.85. The Morgan fingerprint density at radius 3 is 2.48 bits per heavy atom. The Labute approximate surface area is 132 Å². The second-order valence-corrected chi connectivity index (χ2v) is 6.74. The van der Waals surface area contributed by atoms with Gasteiger partial charge in [-0.05, 0) is 41.3 Å². The molecule has 110 valence electrons. The van der Waals surface area contributed by atoms with Gasteiger partial charge in [-0.2, -0.15) is 0 Å². The molecule has 2 aromatic rings. The van der Waals surface area contributed by atoms with Crippen LogP contribution in [0.2, 0.25) is 0 Å². The molecule has 0 fully saturated rings. The molecule has 0 amide bonds. The van der Waals surface area contributed by atoms with Crippen molar-refractivity contribution in [1.29, 1.82) is 0 Å². The summed E-state index contributed by atoms with van der Waals surface area (Å²) in [5.74, 6) is -0.0534. The quantitative estimate of drug-likeness (QED) is 0.825. The average molecular weight is 349 g/mol. The van der Waals surface area contributed by atoms with Crippen LogP contribution in [0.3, 0.4) is 0 Å². The highest BCUT2D eigenvalue weighted by molar-refractivity contribution is 9.10. The van der Waals surface area contributed by atoms with Gasteiger partial charge >= 0.3 is 5.97 Å². The standard InChI is InChI=1S/C17H17BrO3/c1-17(2,3)11-5-4-6-13(9-11)21-15-8-7-12(18)10-14(15)16(19)20/h4-10H,1-3H3,(H,19,20). The summed E-state index contributed by atoms with van der Waals surface area (Å²) in [6.07, 6.45) is 0. The molecule has 0 saturated carbocycles. The molecule has 0 spiro atoms. The van der Waals surface area contributed by atoms with E-state index in [1.165, 1.54) is 6.07 Å². The van der Waals surface area contributed by atoms with E-state index in [1.54, 1.807) is 12.1 Å². The highest BCUT2D eigenvalue weighted by Crippen LogP contribution is 2.31. The third-order valence-electron chi connectivity index (χ3n) is 3.10. The van der Waals surface area contributed by atoms with Crippen molar-refractivity contribution in [3.63, 3.8) is 0 Å². The van der Waals surface area contributed by atoms with Gasteiger partial charge in [0.15, 0.2) is 0 Å². The topological polar surface area (TPSA) is 46.5 Å². The van der Waals surface area contributed by atoms with Crippen molar-refractivity contribution in [2.45, 2.75) is 26.2 Å². The average Bonchev–Trinajstić information content (AvgIpc) is 2.40. The zero-order valence-electron chi connectivity index (χ0n) is 12.2. The minimum Gasteiger partial charge on any atom is -0.478 e. The monoisotopic (exact) mass is 348 g/mol. The number of benzene rings is 2. The Morgan fingerprint density at radius 1 is 1.14 bits per heavy atom. The molecule has 0 unspecified atom stereocenters. The minimum atomic E-state index is -1.02. The lowest BCUT2D eigenvalue weighted by Crippen LogP contribution is -2.10. The predicted octanol–water partition coefficient (Wildman–Crippen LogP) is 5.24. The second kappa shape index (κ2) is 5.90. The van der Waals surface area contributed by atoms with E-state index in [2.05, 4.69) is 36.7 Å². The Hall–Kier alpha value is -1.81. The van der Waals surface area contributed by atoms with Crippen LogP contribution in [-0.2, 0) is 5.41 Å². The maximum absolute atomic E-state index is 11.3. The Bertz CT molecular complexity index is 672. The molecule has 0 radical (unpaired) electrons. The highest BCUT2D eigenvalue weighted by atomic mass is 79.9. The smallest absolute Gasteiger partial charge is 0.339 e. The molecule has 3 nitrogen and oxygen atoms in total. The number of halogens is 1. The molecule has 0 heterocycles. The van der Waals surface area contributed by atoms with E-state index < -0.39 is 5.97 Å². The van der Waals surface area contributed by atoms with Crippen LogP contribution in [0.4, 0.5) is 0 Å². The summed E-state index contributed by atoms with van der Waals surface area (Å²) in [7, 11) is 0. The molecule has 0 aliphatic rings. The summed E-state index contributed by atoms with van der Waals surface area (Å²) in [5, 5.41) is 9.25. The van der Waals surface area contributed by atoms with Crippen LogP contribution < -0.4 is 4.74 Å². The van der Waals surface area contributed by atoms with Crippen LogP contribution in [0.25, 0.3) is 0 Å². The number of hydrogen-bond acceptors (Lipinski definition) is 2. The van der Waals surface area contributed by atoms with E-state index in [9.17, 15) is 9.90 Å². The molecule has 4 heteroatoms. The number of ether oxygens (including phenoxy) is 1. The van der Waals surface area contributed by atoms with E-state index in [1.807, 2.05) is 24.3 Å². The van der Waals surface area contributed by atoms with Crippen molar-refractivity contribution in [3.05, 3.63) is 58.1 Å². The summed E-state index contributed by atoms with van der Waals surface area (Å²) in [4.78, 5) is 11.3. The summed E-state index contributed by atoms with van der Waals surface area (Å²) < 4.78 is 6.46. The van der Waals surface area contributed by atoms with Gasteiger partial charge in [0.1, 0.15) is 17.1 Å². The van der Waals surface area contributed by atoms with E-state index in [0.717, 1.165) is 5.56 Å². The fourth-order valence-corrected chi connectivity index (χ4v) is 2.27. The predicted molar refractivity (Wildman–Crippen MR) is 86.3 cm³/mol. The van der Waals surface area contributed by atoms with Gasteiger partial charge in [0.05, 0.1) is 0 Å². The number of carboxylic acid groups (broad SMARTS) is 1. The summed E-state index contributed by atoms with van der Waals surface area (Å²) >= 11 is 3.27. The van der Waals surface area contributed by atoms with Crippen LogP contribution >= 0.6 is 15.9 Å². The van der Waals surface area contributed by atoms with Gasteiger partial charge in [-0.3, -0.25) is 0 Å². The van der Waals surface area contributed by atoms with E-state index >= 15 is 0 Å². The zero-order chi connectivity index (χ0) is 15.6. The molecule has 0 bridgehead atoms. The fraction of sp³-hybridized carbons (Fsp3) is 0.235. The molecule has 0 saturated heterocycles. The van der Waals surface area contributed by atoms with E-state index in [0.29, 0.717) is 16.0 Å². The lowest BCUT2D eigenvalue weighted by atomic mass is 9.87.